The molecule has 1 saturated heterocycles. The third kappa shape index (κ3) is 4.31. The summed E-state index contributed by atoms with van der Waals surface area (Å²) in [6.07, 6.45) is 3.01. The highest BCUT2D eigenvalue weighted by molar-refractivity contribution is 5.97. The molecular weight excluding hydrogens is 523 g/mol. The number of nitro benzene ring substituents is 1. The summed E-state index contributed by atoms with van der Waals surface area (Å²) < 4.78 is 23.2. The predicted octanol–water partition coefficient (Wildman–Crippen LogP) is 3.68. The number of carboxylic acids is 1. The van der Waals surface area contributed by atoms with Crippen LogP contribution in [-0.2, 0) is 6.54 Å². The molecule has 0 bridgehead atoms. The Bertz CT molecular complexity index is 1750. The summed E-state index contributed by atoms with van der Waals surface area (Å²) in [6, 6.07) is 5.63. The maximum atomic E-state index is 15.7. The van der Waals surface area contributed by atoms with E-state index in [1.165, 1.54) is 25.4 Å². The predicted molar refractivity (Wildman–Crippen MR) is 145 cm³/mol. The molecule has 13 heteroatoms. The molecule has 1 aliphatic carbocycles. The number of imidazole rings is 1. The number of hydrogen-bond donors (Lipinski definition) is 2. The lowest BCUT2D eigenvalue weighted by molar-refractivity contribution is -0.384. The molecule has 1 atom stereocenters. The van der Waals surface area contributed by atoms with E-state index in [9.17, 15) is 24.8 Å². The Kier molecular flexibility index (Phi) is 6.17. The van der Waals surface area contributed by atoms with Gasteiger partial charge in [-0.2, -0.15) is 0 Å². The van der Waals surface area contributed by atoms with E-state index in [1.807, 2.05) is 11.8 Å². The summed E-state index contributed by atoms with van der Waals surface area (Å²) >= 11 is 0. The third-order valence-electron chi connectivity index (χ3n) is 7.73. The van der Waals surface area contributed by atoms with E-state index in [4.69, 9.17) is 4.74 Å². The minimum atomic E-state index is -1.35. The van der Waals surface area contributed by atoms with Crippen LogP contribution in [0.15, 0.2) is 35.3 Å². The molecular formula is C27H27FN6O6. The van der Waals surface area contributed by atoms with E-state index in [-0.39, 0.29) is 34.6 Å². The molecule has 2 fully saturated rings. The van der Waals surface area contributed by atoms with E-state index in [1.54, 1.807) is 10.6 Å². The van der Waals surface area contributed by atoms with E-state index in [0.29, 0.717) is 48.6 Å². The molecule has 0 amide bonds. The Morgan fingerprint density at radius 2 is 2.08 bits per heavy atom. The molecule has 6 rings (SSSR count). The van der Waals surface area contributed by atoms with Gasteiger partial charge >= 0.3 is 5.97 Å². The second-order valence-electron chi connectivity index (χ2n) is 10.4. The minimum absolute atomic E-state index is 0.0117. The van der Waals surface area contributed by atoms with Crippen LogP contribution in [0.25, 0.3) is 21.9 Å². The molecule has 0 radical (unpaired) electrons. The van der Waals surface area contributed by atoms with Crippen LogP contribution in [0, 0.1) is 15.9 Å². The second kappa shape index (κ2) is 9.59. The van der Waals surface area contributed by atoms with Gasteiger partial charge in [0.25, 0.3) is 5.69 Å². The number of fused-ring (bicyclic) bond motifs is 2. The van der Waals surface area contributed by atoms with Crippen LogP contribution in [0.4, 0.5) is 15.8 Å². The number of methoxy groups -OCH3 is 1. The van der Waals surface area contributed by atoms with Crippen molar-refractivity contribution in [3.63, 3.8) is 0 Å². The number of piperazine rings is 1. The van der Waals surface area contributed by atoms with Crippen molar-refractivity contribution in [3.8, 4) is 5.75 Å². The van der Waals surface area contributed by atoms with Crippen molar-refractivity contribution >= 4 is 39.3 Å². The van der Waals surface area contributed by atoms with E-state index < -0.39 is 27.7 Å². The molecule has 1 aliphatic heterocycles. The fraction of sp³-hybridized carbons (Fsp3) is 0.370. The van der Waals surface area contributed by atoms with Crippen molar-refractivity contribution in [2.45, 2.75) is 38.4 Å². The number of anilines is 1. The molecule has 0 spiro atoms. The van der Waals surface area contributed by atoms with E-state index in [2.05, 4.69) is 14.9 Å². The average molecular weight is 551 g/mol. The van der Waals surface area contributed by atoms with Gasteiger partial charge in [0, 0.05) is 50.0 Å². The van der Waals surface area contributed by atoms with Crippen LogP contribution in [0.5, 0.6) is 5.75 Å². The lowest BCUT2D eigenvalue weighted by Crippen LogP contribution is -2.52. The number of nitro groups is 1. The number of benzene rings is 2. The van der Waals surface area contributed by atoms with Gasteiger partial charge in [0.15, 0.2) is 11.6 Å². The number of halogens is 1. The highest BCUT2D eigenvalue weighted by Gasteiger charge is 2.33. The van der Waals surface area contributed by atoms with Crippen molar-refractivity contribution in [2.75, 3.05) is 31.6 Å². The smallest absolute Gasteiger partial charge is 0.341 e. The molecule has 2 aliphatic rings. The molecule has 1 unspecified atom stereocenters. The molecule has 208 valence electrons. The number of aromatic amines is 1. The first-order valence-corrected chi connectivity index (χ1v) is 13.0. The molecule has 2 N–H and O–H groups in total. The number of aromatic carboxylic acids is 1. The standard InChI is InChI=1S/C27H27FN6O6/c1-14-11-32(8-7-31(14)13-22-29-20-6-5-16(34(38)39)9-21(20)30-22)24-19(28)10-17-23(26(24)40-2)33(15-3-4-15)12-18(25(17)35)27(36)37/h5-6,9-10,12,14-15H,3-4,7-8,11,13H2,1-2H3,(H,29,30)(H,36,37). The lowest BCUT2D eigenvalue weighted by atomic mass is 10.1. The zero-order valence-corrected chi connectivity index (χ0v) is 21.9. The van der Waals surface area contributed by atoms with Crippen LogP contribution in [0.2, 0.25) is 0 Å². The van der Waals surface area contributed by atoms with Crippen molar-refractivity contribution in [1.82, 2.24) is 19.4 Å². The van der Waals surface area contributed by atoms with Gasteiger partial charge in [0.05, 0.1) is 40.5 Å². The third-order valence-corrected chi connectivity index (χ3v) is 7.73. The minimum Gasteiger partial charge on any atom is -0.492 e. The number of nitrogens with zero attached hydrogens (tertiary/aromatic N) is 5. The number of H-pyrrole nitrogens is 1. The van der Waals surface area contributed by atoms with Crippen LogP contribution in [0.3, 0.4) is 0 Å². The Morgan fingerprint density at radius 3 is 2.73 bits per heavy atom. The Labute approximate surface area is 226 Å². The molecule has 2 aromatic heterocycles. The first-order valence-electron chi connectivity index (χ1n) is 13.0. The van der Waals surface area contributed by atoms with Crippen molar-refractivity contribution in [2.24, 2.45) is 0 Å². The van der Waals surface area contributed by atoms with Gasteiger partial charge in [0.2, 0.25) is 5.43 Å². The monoisotopic (exact) mass is 550 g/mol. The first kappa shape index (κ1) is 25.7. The zero-order valence-electron chi connectivity index (χ0n) is 21.9. The SMILES string of the molecule is COc1c(N2CCN(Cc3nc4ccc([N+](=O)[O-])cc4[nH]3)C(C)C2)c(F)cc2c(=O)c(C(=O)O)cn(C3CC3)c12. The molecule has 2 aromatic carbocycles. The number of aromatic nitrogens is 3. The van der Waals surface area contributed by atoms with Crippen LogP contribution < -0.4 is 15.1 Å². The van der Waals surface area contributed by atoms with Gasteiger partial charge in [-0.25, -0.2) is 14.2 Å². The number of pyridine rings is 1. The van der Waals surface area contributed by atoms with E-state index in [0.717, 1.165) is 18.9 Å². The molecule has 3 heterocycles. The number of rotatable bonds is 7. The van der Waals surface area contributed by atoms with Gasteiger partial charge in [-0.15, -0.1) is 0 Å². The Morgan fingerprint density at radius 1 is 1.30 bits per heavy atom. The van der Waals surface area contributed by atoms with Gasteiger partial charge in [-0.1, -0.05) is 0 Å². The second-order valence-corrected chi connectivity index (χ2v) is 10.4. The first-order chi connectivity index (χ1) is 19.2. The highest BCUT2D eigenvalue weighted by atomic mass is 19.1. The summed E-state index contributed by atoms with van der Waals surface area (Å²) in [4.78, 5) is 47.2. The van der Waals surface area contributed by atoms with Gasteiger partial charge in [-0.3, -0.25) is 19.8 Å². The van der Waals surface area contributed by atoms with Crippen molar-refractivity contribution in [3.05, 3.63) is 68.0 Å². The van der Waals surface area contributed by atoms with Gasteiger partial charge in [0.1, 0.15) is 17.1 Å². The maximum absolute atomic E-state index is 15.7. The number of non-ortho nitro benzene ring substituents is 1. The number of ether oxygens (including phenoxy) is 1. The summed E-state index contributed by atoms with van der Waals surface area (Å²) in [5, 5.41) is 20.6. The van der Waals surface area contributed by atoms with Gasteiger partial charge in [-0.05, 0) is 31.9 Å². The lowest BCUT2D eigenvalue weighted by Gasteiger charge is -2.41. The van der Waals surface area contributed by atoms with Gasteiger partial charge < -0.3 is 24.3 Å². The van der Waals surface area contributed by atoms with E-state index >= 15 is 4.39 Å². The fourth-order valence-corrected chi connectivity index (χ4v) is 5.59. The molecule has 4 aromatic rings. The summed E-state index contributed by atoms with van der Waals surface area (Å²) in [5.74, 6) is -1.10. The van der Waals surface area contributed by atoms with Crippen LogP contribution in [-0.4, -0.2) is 68.2 Å². The average Bonchev–Trinajstić information content (AvgIpc) is 3.68. The highest BCUT2D eigenvalue weighted by Crippen LogP contribution is 2.44. The largest absolute Gasteiger partial charge is 0.492 e. The van der Waals surface area contributed by atoms with Crippen LogP contribution >= 0.6 is 0 Å². The van der Waals surface area contributed by atoms with Crippen LogP contribution in [0.1, 0.15) is 42.0 Å². The number of nitrogens with one attached hydrogen (secondary N) is 1. The fourth-order valence-electron chi connectivity index (χ4n) is 5.59. The van der Waals surface area contributed by atoms with Crippen molar-refractivity contribution in [1.29, 1.82) is 0 Å². The molecule has 12 nitrogen and oxygen atoms in total. The summed E-state index contributed by atoms with van der Waals surface area (Å²) in [5.41, 5.74) is 0.738. The summed E-state index contributed by atoms with van der Waals surface area (Å²) in [6.45, 7) is 4.01. The van der Waals surface area contributed by atoms with Crippen molar-refractivity contribution < 1.29 is 24.0 Å². The number of carboxylic acid groups (broad SMARTS) is 1. The molecule has 40 heavy (non-hydrogen) atoms. The quantitative estimate of drug-likeness (QED) is 0.260. The maximum Gasteiger partial charge on any atom is 0.341 e. The molecule has 1 saturated carbocycles. The Hall–Kier alpha value is -4.52. The normalized spacial score (nSPS) is 18.0. The number of hydrogen-bond acceptors (Lipinski definition) is 8. The topological polar surface area (TPSA) is 147 Å². The Balaban J connectivity index is 1.31. The zero-order chi connectivity index (χ0) is 28.3. The number of carbonyl (C=O) groups is 1. The summed E-state index contributed by atoms with van der Waals surface area (Å²) in [7, 11) is 1.43.